The van der Waals surface area contributed by atoms with Crippen LogP contribution in [0.25, 0.3) is 0 Å². The molecule has 26 heavy (non-hydrogen) atoms. The van der Waals surface area contributed by atoms with E-state index in [0.717, 1.165) is 19.3 Å². The van der Waals surface area contributed by atoms with Gasteiger partial charge in [0.2, 0.25) is 0 Å². The molecule has 138 valence electrons. The number of hydrogen-bond donors (Lipinski definition) is 1. The summed E-state index contributed by atoms with van der Waals surface area (Å²) in [6.07, 6.45) is 2.63. The number of fused-ring (bicyclic) bond motifs is 3. The fraction of sp³-hybridized carbons (Fsp3) is 0.529. The number of amides is 3. The number of aliphatic imine (C=N–C) groups is 1. The molecule has 3 amide bonds. The lowest BCUT2D eigenvalue weighted by Gasteiger charge is -2.32. The van der Waals surface area contributed by atoms with Crippen LogP contribution >= 0.6 is 0 Å². The van der Waals surface area contributed by atoms with Gasteiger partial charge in [-0.1, -0.05) is 6.42 Å². The number of carbonyl (C=O) groups excluding carboxylic acids is 2. The van der Waals surface area contributed by atoms with Crippen LogP contribution in [0.1, 0.15) is 37.7 Å². The zero-order valence-corrected chi connectivity index (χ0v) is 13.9. The van der Waals surface area contributed by atoms with Crippen molar-refractivity contribution in [2.45, 2.75) is 44.3 Å². The quantitative estimate of drug-likeness (QED) is 0.817. The second-order valence-corrected chi connectivity index (χ2v) is 6.87. The van der Waals surface area contributed by atoms with E-state index in [-0.39, 0.29) is 6.04 Å². The Bertz CT molecular complexity index is 818. The molecule has 3 heterocycles. The molecule has 0 saturated heterocycles. The summed E-state index contributed by atoms with van der Waals surface area (Å²) in [6.45, 7) is -1.58. The molecule has 1 aromatic heterocycles. The SMILES string of the molecule is O=C1C2C=Nc3[nH]ccc3C2=[N+](C2CCCCC2)C(=O)N1CC(F)(F)F. The molecule has 2 aliphatic heterocycles. The molecular formula is C17H18F3N4O2+. The first-order valence-electron chi connectivity index (χ1n) is 8.67. The minimum Gasteiger partial charge on any atom is -0.346 e. The van der Waals surface area contributed by atoms with E-state index in [2.05, 4.69) is 9.98 Å². The van der Waals surface area contributed by atoms with Crippen molar-refractivity contribution in [1.29, 1.82) is 0 Å². The Labute approximate surface area is 147 Å². The third kappa shape index (κ3) is 2.75. The molecule has 1 fully saturated rings. The Morgan fingerprint density at radius 2 is 1.96 bits per heavy atom. The Morgan fingerprint density at radius 3 is 2.65 bits per heavy atom. The Morgan fingerprint density at radius 1 is 1.23 bits per heavy atom. The number of rotatable bonds is 2. The monoisotopic (exact) mass is 367 g/mol. The van der Waals surface area contributed by atoms with Gasteiger partial charge in [0.25, 0.3) is 0 Å². The summed E-state index contributed by atoms with van der Waals surface area (Å²) in [5, 5.41) is 0. The smallest absolute Gasteiger partial charge is 0.346 e. The molecule has 1 saturated carbocycles. The minimum atomic E-state index is -4.65. The second-order valence-electron chi connectivity index (χ2n) is 6.87. The number of hydrogen-bond acceptors (Lipinski definition) is 3. The Balaban J connectivity index is 1.86. The van der Waals surface area contributed by atoms with Gasteiger partial charge in [0.05, 0.1) is 5.56 Å². The molecule has 0 spiro atoms. The lowest BCUT2D eigenvalue weighted by atomic mass is 9.89. The highest BCUT2D eigenvalue weighted by Gasteiger charge is 2.54. The number of halogens is 3. The average Bonchev–Trinajstić information content (AvgIpc) is 3.08. The van der Waals surface area contributed by atoms with Gasteiger partial charge in [-0.3, -0.25) is 0 Å². The first kappa shape index (κ1) is 17.0. The zero-order valence-electron chi connectivity index (χ0n) is 13.9. The highest BCUT2D eigenvalue weighted by Crippen LogP contribution is 2.33. The molecule has 4 rings (SSSR count). The summed E-state index contributed by atoms with van der Waals surface area (Å²) in [7, 11) is 0. The molecule has 1 unspecified atom stereocenters. The van der Waals surface area contributed by atoms with E-state index in [1.165, 1.54) is 10.8 Å². The van der Waals surface area contributed by atoms with Crippen LogP contribution in [0.15, 0.2) is 17.3 Å². The average molecular weight is 367 g/mol. The van der Waals surface area contributed by atoms with Crippen LogP contribution in [0.2, 0.25) is 0 Å². The number of urea groups is 1. The third-order valence-corrected chi connectivity index (χ3v) is 5.15. The number of imide groups is 1. The second kappa shape index (κ2) is 6.07. The molecule has 1 N–H and O–H groups in total. The van der Waals surface area contributed by atoms with Gasteiger partial charge in [0, 0.05) is 12.4 Å². The summed E-state index contributed by atoms with van der Waals surface area (Å²) in [4.78, 5) is 33.0. The van der Waals surface area contributed by atoms with Gasteiger partial charge >= 0.3 is 18.1 Å². The van der Waals surface area contributed by atoms with Crippen LogP contribution in [-0.2, 0) is 4.79 Å². The van der Waals surface area contributed by atoms with Crippen molar-refractivity contribution < 1.29 is 27.3 Å². The zero-order chi connectivity index (χ0) is 18.5. The molecule has 1 aromatic rings. The van der Waals surface area contributed by atoms with Crippen molar-refractivity contribution in [1.82, 2.24) is 9.88 Å². The predicted octanol–water partition coefficient (Wildman–Crippen LogP) is 3.01. The van der Waals surface area contributed by atoms with Gasteiger partial charge in [-0.05, 0) is 31.7 Å². The van der Waals surface area contributed by atoms with Gasteiger partial charge in [-0.15, -0.1) is 4.90 Å². The Kier molecular flexibility index (Phi) is 3.96. The van der Waals surface area contributed by atoms with E-state index in [0.29, 0.717) is 34.8 Å². The van der Waals surface area contributed by atoms with E-state index in [1.807, 2.05) is 0 Å². The topological polar surface area (TPSA) is 68.5 Å². The molecule has 3 aliphatic rings. The van der Waals surface area contributed by atoms with Crippen LogP contribution in [0.5, 0.6) is 0 Å². The van der Waals surface area contributed by atoms with Crippen LogP contribution < -0.4 is 0 Å². The van der Waals surface area contributed by atoms with Crippen molar-refractivity contribution in [3.8, 4) is 0 Å². The van der Waals surface area contributed by atoms with Gasteiger partial charge in [0.1, 0.15) is 17.6 Å². The maximum Gasteiger partial charge on any atom is 0.501 e. The van der Waals surface area contributed by atoms with Crippen LogP contribution in [0, 0.1) is 5.92 Å². The number of H-pyrrole nitrogens is 1. The summed E-state index contributed by atoms with van der Waals surface area (Å²) in [6, 6.07) is 0.629. The first-order chi connectivity index (χ1) is 12.4. The van der Waals surface area contributed by atoms with Crippen LogP contribution in [0.3, 0.4) is 0 Å². The molecule has 0 bridgehead atoms. The maximum absolute atomic E-state index is 13.0. The highest BCUT2D eigenvalue weighted by molar-refractivity contribution is 6.27. The molecule has 1 atom stereocenters. The summed E-state index contributed by atoms with van der Waals surface area (Å²) >= 11 is 0. The molecule has 9 heteroatoms. The largest absolute Gasteiger partial charge is 0.501 e. The summed E-state index contributed by atoms with van der Waals surface area (Å²) in [5.74, 6) is -1.33. The number of aromatic amines is 1. The van der Waals surface area contributed by atoms with Crippen molar-refractivity contribution >= 4 is 29.7 Å². The maximum atomic E-state index is 13.0. The Hall–Kier alpha value is -2.45. The van der Waals surface area contributed by atoms with Crippen LogP contribution in [-0.4, -0.2) is 57.1 Å². The fourth-order valence-electron chi connectivity index (χ4n) is 4.03. The number of nitrogens with zero attached hydrogens (tertiary/aromatic N) is 3. The predicted molar refractivity (Wildman–Crippen MR) is 86.8 cm³/mol. The summed E-state index contributed by atoms with van der Waals surface area (Å²) < 4.78 is 40.3. The molecule has 1 aliphatic carbocycles. The fourth-order valence-corrected chi connectivity index (χ4v) is 4.03. The molecule has 0 radical (unpaired) electrons. The molecule has 0 aromatic carbocycles. The van der Waals surface area contributed by atoms with Crippen molar-refractivity contribution in [2.24, 2.45) is 10.9 Å². The van der Waals surface area contributed by atoms with E-state index in [9.17, 15) is 22.8 Å². The van der Waals surface area contributed by atoms with E-state index < -0.39 is 30.6 Å². The normalized spacial score (nSPS) is 24.1. The minimum absolute atomic E-state index is 0.202. The lowest BCUT2D eigenvalue weighted by molar-refractivity contribution is -0.487. The van der Waals surface area contributed by atoms with Crippen molar-refractivity contribution in [3.63, 3.8) is 0 Å². The van der Waals surface area contributed by atoms with Gasteiger partial charge < -0.3 is 4.98 Å². The molecular weight excluding hydrogens is 349 g/mol. The first-order valence-corrected chi connectivity index (χ1v) is 8.67. The standard InChI is InChI=1S/C17H17F3N4O2/c18-17(19,20)9-23-15(25)12-8-22-14-11(6-7-21-14)13(12)24(16(23)26)10-4-2-1-3-5-10/h6-8,10,12H,1-5,9H2/p+1. The van der Waals surface area contributed by atoms with Crippen molar-refractivity contribution in [2.75, 3.05) is 6.54 Å². The van der Waals surface area contributed by atoms with E-state index in [4.69, 9.17) is 0 Å². The number of nitrogens with one attached hydrogen (secondary N) is 1. The van der Waals surface area contributed by atoms with Gasteiger partial charge in [-0.2, -0.15) is 22.5 Å². The number of aromatic nitrogens is 1. The molecule has 6 nitrogen and oxygen atoms in total. The van der Waals surface area contributed by atoms with Crippen molar-refractivity contribution in [3.05, 3.63) is 17.8 Å². The van der Waals surface area contributed by atoms with E-state index in [1.54, 1.807) is 12.3 Å². The number of alkyl halides is 3. The van der Waals surface area contributed by atoms with Crippen LogP contribution in [0.4, 0.5) is 23.8 Å². The van der Waals surface area contributed by atoms with Gasteiger partial charge in [-0.25, -0.2) is 9.79 Å². The number of carbonyl (C=O) groups is 2. The third-order valence-electron chi connectivity index (χ3n) is 5.15. The van der Waals surface area contributed by atoms with Gasteiger partial charge in [0.15, 0.2) is 12.5 Å². The summed E-state index contributed by atoms with van der Waals surface area (Å²) in [5.41, 5.74) is 1.06. The highest BCUT2D eigenvalue weighted by atomic mass is 19.4. The van der Waals surface area contributed by atoms with E-state index >= 15 is 0 Å². The lowest BCUT2D eigenvalue weighted by Crippen LogP contribution is -2.60.